The summed E-state index contributed by atoms with van der Waals surface area (Å²) in [5.41, 5.74) is -2.60. The number of aromatic nitrogens is 6. The van der Waals surface area contributed by atoms with E-state index < -0.39 is 70.0 Å². The molecule has 3 unspecified atom stereocenters. The highest BCUT2D eigenvalue weighted by Crippen LogP contribution is 2.38. The lowest BCUT2D eigenvalue weighted by atomic mass is 9.77. The molecule has 0 bridgehead atoms. The van der Waals surface area contributed by atoms with Gasteiger partial charge in [-0.3, -0.25) is 33.6 Å². The third-order valence-corrected chi connectivity index (χ3v) is 23.9. The molecule has 0 saturated heterocycles. The van der Waals surface area contributed by atoms with Crippen LogP contribution in [0.5, 0.6) is 28.7 Å². The van der Waals surface area contributed by atoms with Crippen molar-refractivity contribution in [2.75, 3.05) is 132 Å². The Morgan fingerprint density at radius 2 is 0.714 bits per heavy atom. The molecule has 1 aliphatic rings. The molecule has 1 saturated carbocycles. The number of unbranched alkanes of at least 4 members (excludes halogenated alkanes) is 4. The van der Waals surface area contributed by atoms with Gasteiger partial charge in [-0.05, 0) is 182 Å². The van der Waals surface area contributed by atoms with E-state index in [1.165, 1.54) is 69.8 Å². The molecule has 1 aliphatic carbocycles. The number of thioether (sulfide) groups is 1. The normalized spacial score (nSPS) is 13.2. The summed E-state index contributed by atoms with van der Waals surface area (Å²) in [4.78, 5) is 171. The SMILES string of the molecule is CC(S)CC(=O)OCCn1c(=O)n(CCOC(=O)CC(C)S)c(=O)n(CCOC(=O)CC(C)S)c1=O.CCCC1CCC(c2ccc(OCCCOC(=O)CCS)cc2)CC1.O=C(CCS)CCOCCn1c(=O)n(CCOC(=O)CCS)c(=O)n(CCOC(=O)CCS)c1=O.O=C(Oc1ccc(CCOCOc2ccc(OCCCCCCCS)cc2)cc1)c1ccc(OCCCSCCCS)cc1. The summed E-state index contributed by atoms with van der Waals surface area (Å²) in [5.74, 6) is 7.65. The second kappa shape index (κ2) is 76.0. The van der Waals surface area contributed by atoms with Gasteiger partial charge in [0.2, 0.25) is 0 Å². The first-order valence-electron chi connectivity index (χ1n) is 47.4. The maximum Gasteiger partial charge on any atom is 0.343 e. The van der Waals surface area contributed by atoms with E-state index in [0.717, 1.165) is 117 Å². The largest absolute Gasteiger partial charge is 0.494 e. The Bertz CT molecular complexity index is 4730. The lowest BCUT2D eigenvalue weighted by Gasteiger charge is -2.28. The number of ether oxygens (including phenoxy) is 13. The highest BCUT2D eigenvalue weighted by molar-refractivity contribution is 7.99. The number of benzene rings is 4. The van der Waals surface area contributed by atoms with Gasteiger partial charge in [-0.15, -0.1) is 0 Å². The van der Waals surface area contributed by atoms with Gasteiger partial charge in [0.15, 0.2) is 6.79 Å². The van der Waals surface area contributed by atoms with Crippen LogP contribution in [0, 0.1) is 5.92 Å². The van der Waals surface area contributed by atoms with Gasteiger partial charge >= 0.3 is 75.9 Å². The van der Waals surface area contributed by atoms with Gasteiger partial charge in [0.1, 0.15) is 67.6 Å². The van der Waals surface area contributed by atoms with Crippen molar-refractivity contribution in [1.82, 2.24) is 27.4 Å². The molecule has 1 fully saturated rings. The Morgan fingerprint density at radius 3 is 1.14 bits per heavy atom. The van der Waals surface area contributed by atoms with Crippen LogP contribution in [0.25, 0.3) is 0 Å². The fraction of sp³-hybridized carbons (Fsp3) is 0.608. The summed E-state index contributed by atoms with van der Waals surface area (Å²) >= 11 is 38.6. The molecule has 0 aliphatic heterocycles. The van der Waals surface area contributed by atoms with Gasteiger partial charge in [-0.1, -0.05) is 84.1 Å². The molecule has 33 nitrogen and oxygen atoms in total. The summed E-state index contributed by atoms with van der Waals surface area (Å²) in [6.45, 7) is 7.37. The van der Waals surface area contributed by atoms with E-state index in [2.05, 4.69) is 145 Å². The molecule has 0 N–H and O–H groups in total. The fourth-order valence-corrected chi connectivity index (χ4v) is 16.2. The van der Waals surface area contributed by atoms with Crippen LogP contribution in [0.15, 0.2) is 126 Å². The maximum atomic E-state index is 12.9. The topological polar surface area (TPSA) is 389 Å². The summed E-state index contributed by atoms with van der Waals surface area (Å²) in [5, 5.41) is -0.706. The second-order valence-corrected chi connectivity index (χ2v) is 38.9. The van der Waals surface area contributed by atoms with Crippen molar-refractivity contribution in [3.63, 3.8) is 0 Å². The van der Waals surface area contributed by atoms with E-state index in [1.54, 1.807) is 57.2 Å². The maximum absolute atomic E-state index is 12.9. The minimum absolute atomic E-state index is 0.0204. The Hall–Kier alpha value is -7.72. The molecule has 0 radical (unpaired) electrons. The predicted octanol–water partition coefficient (Wildman–Crippen LogP) is 13.1. The summed E-state index contributed by atoms with van der Waals surface area (Å²) in [6, 6.07) is 30.7. The van der Waals surface area contributed by atoms with E-state index in [1.807, 2.05) is 48.2 Å². The van der Waals surface area contributed by atoms with Crippen LogP contribution in [-0.4, -0.2) is 223 Å². The number of carbonyl (C=O) groups excluding carboxylic acids is 8. The van der Waals surface area contributed by atoms with E-state index in [4.69, 9.17) is 61.6 Å². The zero-order valence-corrected chi connectivity index (χ0v) is 89.5. The molecule has 0 amide bonds. The minimum Gasteiger partial charge on any atom is -0.494 e. The zero-order valence-electron chi connectivity index (χ0n) is 80.6. The Balaban J connectivity index is 0.000000396. The number of nitrogens with zero attached hydrogens (tertiary/aromatic N) is 6. The third-order valence-electron chi connectivity index (χ3n) is 20.7. The second-order valence-electron chi connectivity index (χ2n) is 32.3. The molecule has 0 spiro atoms. The highest BCUT2D eigenvalue weighted by Gasteiger charge is 2.25. The number of esters is 7. The van der Waals surface area contributed by atoms with Crippen molar-refractivity contribution in [2.24, 2.45) is 5.92 Å². The van der Waals surface area contributed by atoms with Crippen molar-refractivity contribution in [3.05, 3.63) is 177 Å². The van der Waals surface area contributed by atoms with E-state index in [-0.39, 0.29) is 170 Å². The molecular formula is C97H142N6O27S10. The van der Waals surface area contributed by atoms with Crippen molar-refractivity contribution in [1.29, 1.82) is 0 Å². The van der Waals surface area contributed by atoms with E-state index >= 15 is 0 Å². The number of Topliss-reactive ketones (excluding diaryl/α,β-unsaturated/α-hetero) is 1. The summed E-state index contributed by atoms with van der Waals surface area (Å²) in [6.07, 6.45) is 18.7. The van der Waals surface area contributed by atoms with Crippen LogP contribution < -0.4 is 57.8 Å². The number of rotatable bonds is 67. The van der Waals surface area contributed by atoms with Crippen LogP contribution in [0.4, 0.5) is 0 Å². The molecule has 3 atom stereocenters. The number of ketones is 1. The van der Waals surface area contributed by atoms with Gasteiger partial charge in [-0.25, -0.2) is 61.0 Å². The van der Waals surface area contributed by atoms with E-state index in [9.17, 15) is 67.1 Å². The van der Waals surface area contributed by atoms with Crippen LogP contribution in [0.2, 0.25) is 0 Å². The average molecular weight is 2140 g/mol. The Labute approximate surface area is 873 Å². The molecule has 2 aromatic heterocycles. The van der Waals surface area contributed by atoms with Crippen LogP contribution in [-0.2, 0) is 117 Å². The first-order chi connectivity index (χ1) is 67.5. The number of hydrogen-bond acceptors (Lipinski definition) is 37. The van der Waals surface area contributed by atoms with Gasteiger partial charge < -0.3 is 61.6 Å². The smallest absolute Gasteiger partial charge is 0.343 e. The number of thiol groups is 9. The van der Waals surface area contributed by atoms with Crippen LogP contribution >= 0.6 is 125 Å². The molecule has 140 heavy (non-hydrogen) atoms. The molecule has 4 aromatic carbocycles. The molecular weight excluding hydrogens is 2000 g/mol. The van der Waals surface area contributed by atoms with Gasteiger partial charge in [0, 0.05) is 52.3 Å². The first kappa shape index (κ1) is 125. The average Bonchev–Trinajstić information content (AvgIpc) is 0.786. The van der Waals surface area contributed by atoms with Crippen molar-refractivity contribution >= 4 is 173 Å². The van der Waals surface area contributed by atoms with Gasteiger partial charge in [0.25, 0.3) is 0 Å². The molecule has 7 rings (SSSR count). The fourth-order valence-electron chi connectivity index (χ4n) is 13.4. The highest BCUT2D eigenvalue weighted by atomic mass is 32.2. The molecule has 43 heteroatoms. The van der Waals surface area contributed by atoms with Crippen molar-refractivity contribution in [2.45, 2.75) is 236 Å². The lowest BCUT2D eigenvalue weighted by molar-refractivity contribution is -0.144. The van der Waals surface area contributed by atoms with Crippen molar-refractivity contribution in [3.8, 4) is 28.7 Å². The number of hydrogen-bond donors (Lipinski definition) is 9. The standard InChI is InChI=1S/C35H46O6S3.C21H33N3O9S3.C21H32O3S.C20H31N3O9S3/c36-35(30-10-14-31(15-11-30)39-22-6-26-44-27-7-25-43)41-34-12-8-29(9-13-34)20-23-37-28-40-33-18-16-32(17-19-33)38-21-4-2-1-3-5-24-42;1-13(34)10-16(25)31-7-4-22-19(28)23(5-8-32-17(26)11-14(2)35)21(30)24(20(22)29)6-9-33-18(27)12-15(3)36;1-2-4-17-5-7-18(8-6-17)19-9-11-20(12-10-19)23-14-3-15-24-21(22)13-16-25;24-15(2-12-33)1-8-30-9-5-21-18(27)22(6-10-31-16(25)3-13-34)20(29)23(19(21)28)7-11-32-17(26)4-14-35/h8-19,42-43H,1-7,20-28H2;13-15,34-36H,4-12H2,1-3H3;9-12,17-18,25H,2-8,13-16H2,1H3;33-35H,1-14H2. The molecule has 2 heterocycles. The van der Waals surface area contributed by atoms with Crippen molar-refractivity contribution < 1.29 is 99.9 Å². The third kappa shape index (κ3) is 53.7. The predicted molar refractivity (Wildman–Crippen MR) is 572 cm³/mol. The van der Waals surface area contributed by atoms with Gasteiger partial charge in [-0.2, -0.15) is 125 Å². The monoisotopic (exact) mass is 2140 g/mol. The first-order valence-corrected chi connectivity index (χ1v) is 53.9. The zero-order chi connectivity index (χ0) is 103. The van der Waals surface area contributed by atoms with Crippen LogP contribution in [0.3, 0.4) is 0 Å². The quantitative estimate of drug-likeness (QED) is 0.00428. The Kier molecular flexibility index (Phi) is 67.6. The Morgan fingerprint density at radius 1 is 0.350 bits per heavy atom. The van der Waals surface area contributed by atoms with Gasteiger partial charge in [0.05, 0.1) is 130 Å². The molecule has 782 valence electrons. The minimum atomic E-state index is -0.959. The summed E-state index contributed by atoms with van der Waals surface area (Å²) < 4.78 is 74.2. The van der Waals surface area contributed by atoms with E-state index in [0.29, 0.717) is 74.4 Å². The summed E-state index contributed by atoms with van der Waals surface area (Å²) in [7, 11) is 0. The van der Waals surface area contributed by atoms with Crippen LogP contribution in [0.1, 0.15) is 196 Å². The number of carbonyl (C=O) groups is 8. The lowest BCUT2D eigenvalue weighted by Crippen LogP contribution is -2.55. The molecule has 6 aromatic rings.